The molecule has 0 saturated carbocycles. The monoisotopic (exact) mass is 285 g/mol. The van der Waals surface area contributed by atoms with Gasteiger partial charge in [0.05, 0.1) is 18.8 Å². The Morgan fingerprint density at radius 2 is 2.29 bits per heavy atom. The molecule has 0 spiro atoms. The van der Waals surface area contributed by atoms with Crippen LogP contribution in [-0.4, -0.2) is 26.1 Å². The molecule has 0 unspecified atom stereocenters. The van der Waals surface area contributed by atoms with E-state index in [-0.39, 0.29) is 17.3 Å². The number of carbonyl (C=O) groups is 1. The maximum Gasteiger partial charge on any atom is 0.225 e. The van der Waals surface area contributed by atoms with E-state index in [2.05, 4.69) is 15.2 Å². The van der Waals surface area contributed by atoms with Crippen molar-refractivity contribution in [1.82, 2.24) is 15.2 Å². The molecule has 7 heteroatoms. The van der Waals surface area contributed by atoms with Gasteiger partial charge < -0.3 is 13.9 Å². The second-order valence-electron chi connectivity index (χ2n) is 4.31. The van der Waals surface area contributed by atoms with E-state index in [1.807, 2.05) is 6.07 Å². The van der Waals surface area contributed by atoms with Crippen LogP contribution in [0.25, 0.3) is 5.76 Å². The van der Waals surface area contributed by atoms with Crippen molar-refractivity contribution in [2.45, 2.75) is 6.42 Å². The summed E-state index contributed by atoms with van der Waals surface area (Å²) >= 11 is 0. The van der Waals surface area contributed by atoms with Crippen molar-refractivity contribution in [3.05, 3.63) is 66.0 Å². The zero-order valence-electron chi connectivity index (χ0n) is 10.8. The minimum atomic E-state index is -0.451. The van der Waals surface area contributed by atoms with Gasteiger partial charge in [-0.2, -0.15) is 5.10 Å². The number of aromatic nitrogens is 3. The predicted molar refractivity (Wildman–Crippen MR) is 71.5 cm³/mol. The van der Waals surface area contributed by atoms with Crippen LogP contribution in [0.2, 0.25) is 0 Å². The van der Waals surface area contributed by atoms with Crippen LogP contribution in [0, 0.1) is 0 Å². The number of nitrogens with zero attached hydrogens (tertiary/aromatic N) is 2. The maximum atomic E-state index is 12.1. The normalized spacial score (nSPS) is 11.7. The van der Waals surface area contributed by atoms with E-state index in [1.165, 1.54) is 12.6 Å². The van der Waals surface area contributed by atoms with Crippen LogP contribution in [0.15, 0.2) is 52.2 Å². The number of furan rings is 2. The van der Waals surface area contributed by atoms with E-state index in [9.17, 15) is 9.90 Å². The van der Waals surface area contributed by atoms with Crippen molar-refractivity contribution in [2.24, 2.45) is 0 Å². The van der Waals surface area contributed by atoms with Gasteiger partial charge in [0.25, 0.3) is 0 Å². The van der Waals surface area contributed by atoms with Gasteiger partial charge in [-0.25, -0.2) is 4.98 Å². The molecule has 7 nitrogen and oxygen atoms in total. The molecule has 0 fully saturated rings. The fourth-order valence-corrected chi connectivity index (χ4v) is 1.89. The second-order valence-corrected chi connectivity index (χ2v) is 4.31. The fraction of sp³-hybridized carbons (Fsp3) is 0.0714. The molecule has 21 heavy (non-hydrogen) atoms. The first-order valence-corrected chi connectivity index (χ1v) is 6.12. The summed E-state index contributed by atoms with van der Waals surface area (Å²) in [4.78, 5) is 15.9. The molecule has 0 aliphatic heterocycles. The topological polar surface area (TPSA) is 105 Å². The van der Waals surface area contributed by atoms with E-state index in [4.69, 9.17) is 8.83 Å². The molecule has 3 rings (SSSR count). The number of hydrogen-bond donors (Lipinski definition) is 2. The first-order chi connectivity index (χ1) is 10.2. The molecule has 0 aliphatic rings. The lowest BCUT2D eigenvalue weighted by Gasteiger charge is -1.98. The molecule has 0 radical (unpaired) electrons. The third-order valence-electron chi connectivity index (χ3n) is 2.87. The molecular weight excluding hydrogens is 274 g/mol. The lowest BCUT2D eigenvalue weighted by atomic mass is 10.1. The van der Waals surface area contributed by atoms with Crippen LogP contribution in [0.3, 0.4) is 0 Å². The van der Waals surface area contributed by atoms with Crippen molar-refractivity contribution in [1.29, 1.82) is 0 Å². The predicted octanol–water partition coefficient (Wildman–Crippen LogP) is 2.36. The van der Waals surface area contributed by atoms with E-state index < -0.39 is 5.78 Å². The minimum Gasteiger partial charge on any atom is -0.504 e. The van der Waals surface area contributed by atoms with Gasteiger partial charge in [0.1, 0.15) is 6.33 Å². The lowest BCUT2D eigenvalue weighted by Crippen LogP contribution is -2.00. The molecule has 3 aromatic heterocycles. The Kier molecular flexibility index (Phi) is 3.38. The van der Waals surface area contributed by atoms with Gasteiger partial charge in [-0.1, -0.05) is 0 Å². The number of allylic oxidation sites excluding steroid dienone is 1. The molecule has 0 aromatic carbocycles. The van der Waals surface area contributed by atoms with Gasteiger partial charge in [0.15, 0.2) is 17.3 Å². The summed E-state index contributed by atoms with van der Waals surface area (Å²) in [5.74, 6) is -0.468. The van der Waals surface area contributed by atoms with Crippen LogP contribution in [0.5, 0.6) is 0 Å². The second kappa shape index (κ2) is 5.49. The smallest absolute Gasteiger partial charge is 0.225 e. The minimum absolute atomic E-state index is 0.117. The SMILES string of the molecule is O=C(C=C(O)c1ncn[nH]1)c1occc1Cc1ccoc1. The van der Waals surface area contributed by atoms with E-state index in [0.717, 1.165) is 11.6 Å². The van der Waals surface area contributed by atoms with Crippen molar-refractivity contribution >= 4 is 11.5 Å². The first-order valence-electron chi connectivity index (χ1n) is 6.12. The lowest BCUT2D eigenvalue weighted by molar-refractivity contribution is 0.102. The number of aromatic amines is 1. The Balaban J connectivity index is 1.82. The Morgan fingerprint density at radius 1 is 1.38 bits per heavy atom. The summed E-state index contributed by atoms with van der Waals surface area (Å²) in [6.45, 7) is 0. The molecule has 0 atom stereocenters. The van der Waals surface area contributed by atoms with Crippen molar-refractivity contribution in [2.75, 3.05) is 0 Å². The summed E-state index contributed by atoms with van der Waals surface area (Å²) in [5.41, 5.74) is 1.64. The number of aliphatic hydroxyl groups excluding tert-OH is 1. The molecule has 2 N–H and O–H groups in total. The molecule has 106 valence electrons. The Labute approximate surface area is 118 Å². The average molecular weight is 285 g/mol. The van der Waals surface area contributed by atoms with Crippen LogP contribution >= 0.6 is 0 Å². The number of ketones is 1. The van der Waals surface area contributed by atoms with Gasteiger partial charge in [-0.3, -0.25) is 9.89 Å². The fourth-order valence-electron chi connectivity index (χ4n) is 1.89. The molecule has 0 bridgehead atoms. The van der Waals surface area contributed by atoms with Crippen LogP contribution in [0.1, 0.15) is 27.5 Å². The standard InChI is InChI=1S/C14H11N3O4/c18-11(6-12(19)14-15-8-16-17-14)13-10(2-4-21-13)5-9-1-3-20-7-9/h1-4,6-8,19H,5H2,(H,15,16,17). The third-order valence-corrected chi connectivity index (χ3v) is 2.87. The third kappa shape index (κ3) is 2.76. The summed E-state index contributed by atoms with van der Waals surface area (Å²) in [5, 5.41) is 15.8. The first kappa shape index (κ1) is 12.9. The maximum absolute atomic E-state index is 12.1. The van der Waals surface area contributed by atoms with Crippen molar-refractivity contribution in [3.63, 3.8) is 0 Å². The number of rotatable bonds is 5. The number of carbonyl (C=O) groups excluding carboxylic acids is 1. The summed E-state index contributed by atoms with van der Waals surface area (Å²) in [6, 6.07) is 3.52. The largest absolute Gasteiger partial charge is 0.504 e. The molecule has 3 aromatic rings. The van der Waals surface area contributed by atoms with Crippen LogP contribution in [-0.2, 0) is 6.42 Å². The van der Waals surface area contributed by atoms with Crippen molar-refractivity contribution in [3.8, 4) is 0 Å². The zero-order chi connectivity index (χ0) is 14.7. The van der Waals surface area contributed by atoms with Gasteiger partial charge in [0, 0.05) is 18.1 Å². The number of aliphatic hydroxyl groups is 1. The van der Waals surface area contributed by atoms with Crippen LogP contribution in [0.4, 0.5) is 0 Å². The van der Waals surface area contributed by atoms with E-state index in [1.54, 1.807) is 18.6 Å². The van der Waals surface area contributed by atoms with E-state index >= 15 is 0 Å². The highest BCUT2D eigenvalue weighted by Gasteiger charge is 2.16. The van der Waals surface area contributed by atoms with E-state index in [0.29, 0.717) is 12.0 Å². The number of nitrogens with one attached hydrogen (secondary N) is 1. The van der Waals surface area contributed by atoms with Crippen LogP contribution < -0.4 is 0 Å². The highest BCUT2D eigenvalue weighted by molar-refractivity contribution is 6.06. The molecule has 0 amide bonds. The highest BCUT2D eigenvalue weighted by Crippen LogP contribution is 2.18. The highest BCUT2D eigenvalue weighted by atomic mass is 16.3. The Hall–Kier alpha value is -3.09. The summed E-state index contributed by atoms with van der Waals surface area (Å²) in [6.07, 6.45) is 7.38. The summed E-state index contributed by atoms with van der Waals surface area (Å²) < 4.78 is 10.2. The number of H-pyrrole nitrogens is 1. The van der Waals surface area contributed by atoms with Gasteiger partial charge in [-0.15, -0.1) is 0 Å². The number of hydrogen-bond acceptors (Lipinski definition) is 6. The molecule has 0 aliphatic carbocycles. The quantitative estimate of drug-likeness (QED) is 0.423. The van der Waals surface area contributed by atoms with Crippen molar-refractivity contribution < 1.29 is 18.7 Å². The Bertz CT molecular complexity index is 754. The van der Waals surface area contributed by atoms with Gasteiger partial charge in [0.2, 0.25) is 5.78 Å². The molecule has 3 heterocycles. The molecular formula is C14H11N3O4. The zero-order valence-corrected chi connectivity index (χ0v) is 10.8. The van der Waals surface area contributed by atoms with Gasteiger partial charge in [-0.05, 0) is 17.7 Å². The Morgan fingerprint density at radius 3 is 3.00 bits per heavy atom. The average Bonchev–Trinajstić information content (AvgIpc) is 3.22. The summed E-state index contributed by atoms with van der Waals surface area (Å²) in [7, 11) is 0. The van der Waals surface area contributed by atoms with Gasteiger partial charge >= 0.3 is 0 Å². The molecule has 0 saturated heterocycles.